The monoisotopic (exact) mass is 197 g/mol. The second-order valence-corrected chi connectivity index (χ2v) is 5.71. The summed E-state index contributed by atoms with van der Waals surface area (Å²) >= 11 is 0. The molecular weight excluding hydrogens is 170 g/mol. The Kier molecular flexibility index (Phi) is 4.43. The van der Waals surface area contributed by atoms with Crippen LogP contribution in [0.3, 0.4) is 0 Å². The van der Waals surface area contributed by atoms with E-state index in [9.17, 15) is 0 Å². The van der Waals surface area contributed by atoms with Crippen molar-refractivity contribution in [3.63, 3.8) is 0 Å². The van der Waals surface area contributed by atoms with Gasteiger partial charge in [-0.1, -0.05) is 39.5 Å². The molecule has 1 saturated carbocycles. The average Bonchev–Trinajstić information content (AvgIpc) is 2.28. The molecule has 0 aromatic heterocycles. The lowest BCUT2D eigenvalue weighted by Gasteiger charge is -2.37. The molecule has 1 aliphatic rings. The number of rotatable bonds is 3. The predicted molar refractivity (Wildman–Crippen MR) is 63.5 cm³/mol. The van der Waals surface area contributed by atoms with Crippen molar-refractivity contribution in [1.82, 2.24) is 5.32 Å². The summed E-state index contributed by atoms with van der Waals surface area (Å²) in [6.45, 7) is 9.25. The molecule has 1 heteroatoms. The molecule has 0 aromatic carbocycles. The van der Waals surface area contributed by atoms with Gasteiger partial charge in [0.2, 0.25) is 0 Å². The maximum Gasteiger partial charge on any atom is 0.0155 e. The topological polar surface area (TPSA) is 12.0 Å². The molecule has 1 rings (SSSR count). The Morgan fingerprint density at radius 2 is 1.50 bits per heavy atom. The van der Waals surface area contributed by atoms with E-state index in [0.29, 0.717) is 11.6 Å². The number of hydrogen-bond donors (Lipinski definition) is 1. The van der Waals surface area contributed by atoms with Crippen molar-refractivity contribution in [2.75, 3.05) is 0 Å². The molecule has 0 atom stereocenters. The second kappa shape index (κ2) is 5.16. The molecule has 1 aliphatic carbocycles. The molecule has 0 spiro atoms. The van der Waals surface area contributed by atoms with Gasteiger partial charge in [0.05, 0.1) is 0 Å². The molecule has 0 aliphatic heterocycles. The van der Waals surface area contributed by atoms with Crippen molar-refractivity contribution in [2.24, 2.45) is 5.92 Å². The van der Waals surface area contributed by atoms with E-state index in [2.05, 4.69) is 33.0 Å². The normalized spacial score (nSPS) is 21.2. The predicted octanol–water partition coefficient (Wildman–Crippen LogP) is 3.73. The highest BCUT2D eigenvalue weighted by Gasteiger charge is 2.29. The Bertz CT molecular complexity index is 153. The summed E-state index contributed by atoms with van der Waals surface area (Å²) in [5.41, 5.74) is 0.332. The van der Waals surface area contributed by atoms with E-state index in [-0.39, 0.29) is 0 Å². The van der Waals surface area contributed by atoms with Gasteiger partial charge in [-0.05, 0) is 32.6 Å². The second-order valence-electron chi connectivity index (χ2n) is 5.71. The van der Waals surface area contributed by atoms with E-state index < -0.39 is 0 Å². The third-order valence-electron chi connectivity index (χ3n) is 3.54. The fourth-order valence-electron chi connectivity index (χ4n) is 2.86. The maximum absolute atomic E-state index is 3.72. The van der Waals surface area contributed by atoms with Gasteiger partial charge in [-0.2, -0.15) is 0 Å². The highest BCUT2D eigenvalue weighted by Crippen LogP contribution is 2.31. The van der Waals surface area contributed by atoms with E-state index in [1.165, 1.54) is 38.5 Å². The average molecular weight is 197 g/mol. The lowest BCUT2D eigenvalue weighted by molar-refractivity contribution is 0.213. The van der Waals surface area contributed by atoms with Gasteiger partial charge in [0.1, 0.15) is 0 Å². The van der Waals surface area contributed by atoms with Crippen LogP contribution in [0.25, 0.3) is 0 Å². The number of hydrogen-bond acceptors (Lipinski definition) is 1. The highest BCUT2D eigenvalue weighted by atomic mass is 15.0. The zero-order valence-corrected chi connectivity index (χ0v) is 10.4. The molecule has 0 aromatic rings. The van der Waals surface area contributed by atoms with E-state index in [1.54, 1.807) is 0 Å². The van der Waals surface area contributed by atoms with Crippen LogP contribution >= 0.6 is 0 Å². The van der Waals surface area contributed by atoms with Crippen LogP contribution in [0.15, 0.2) is 0 Å². The summed E-state index contributed by atoms with van der Waals surface area (Å²) in [5, 5.41) is 3.72. The molecule has 0 unspecified atom stereocenters. The van der Waals surface area contributed by atoms with Gasteiger partial charge in [-0.25, -0.2) is 0 Å². The zero-order chi connectivity index (χ0) is 10.6. The minimum absolute atomic E-state index is 0.332. The summed E-state index contributed by atoms with van der Waals surface area (Å²) < 4.78 is 0. The standard InChI is InChI=1S/C13H27N/c1-11(2)14-13(3,4)12-9-7-5-6-8-10-12/h11-12,14H,5-10H2,1-4H3. The van der Waals surface area contributed by atoms with Crippen molar-refractivity contribution in [3.8, 4) is 0 Å². The lowest BCUT2D eigenvalue weighted by atomic mass is 9.81. The van der Waals surface area contributed by atoms with E-state index >= 15 is 0 Å². The first kappa shape index (κ1) is 12.0. The fraction of sp³-hybridized carbons (Fsp3) is 1.00. The first-order valence-electron chi connectivity index (χ1n) is 6.30. The summed E-state index contributed by atoms with van der Waals surface area (Å²) in [4.78, 5) is 0. The zero-order valence-electron chi connectivity index (χ0n) is 10.4. The fourth-order valence-corrected chi connectivity index (χ4v) is 2.86. The van der Waals surface area contributed by atoms with Crippen molar-refractivity contribution < 1.29 is 0 Å². The van der Waals surface area contributed by atoms with Crippen LogP contribution < -0.4 is 5.32 Å². The molecule has 14 heavy (non-hydrogen) atoms. The van der Waals surface area contributed by atoms with Crippen LogP contribution in [-0.2, 0) is 0 Å². The Morgan fingerprint density at radius 1 is 1.00 bits per heavy atom. The van der Waals surface area contributed by atoms with E-state index in [0.717, 1.165) is 5.92 Å². The van der Waals surface area contributed by atoms with E-state index in [4.69, 9.17) is 0 Å². The van der Waals surface area contributed by atoms with Crippen LogP contribution in [-0.4, -0.2) is 11.6 Å². The van der Waals surface area contributed by atoms with E-state index in [1.807, 2.05) is 0 Å². The molecule has 0 heterocycles. The van der Waals surface area contributed by atoms with Gasteiger partial charge in [-0.3, -0.25) is 0 Å². The molecule has 1 fully saturated rings. The van der Waals surface area contributed by atoms with Gasteiger partial charge < -0.3 is 5.32 Å². The minimum atomic E-state index is 0.332. The molecule has 0 saturated heterocycles. The molecule has 84 valence electrons. The summed E-state index contributed by atoms with van der Waals surface area (Å²) in [5.74, 6) is 0.882. The molecule has 0 radical (unpaired) electrons. The summed E-state index contributed by atoms with van der Waals surface area (Å²) in [7, 11) is 0. The maximum atomic E-state index is 3.72. The van der Waals surface area contributed by atoms with Crippen LogP contribution in [0.4, 0.5) is 0 Å². The van der Waals surface area contributed by atoms with Crippen molar-refractivity contribution in [3.05, 3.63) is 0 Å². The Labute approximate surface area is 89.7 Å². The van der Waals surface area contributed by atoms with Crippen LogP contribution in [0.1, 0.15) is 66.2 Å². The van der Waals surface area contributed by atoms with Crippen molar-refractivity contribution >= 4 is 0 Å². The first-order valence-corrected chi connectivity index (χ1v) is 6.30. The van der Waals surface area contributed by atoms with Crippen LogP contribution in [0, 0.1) is 5.92 Å². The SMILES string of the molecule is CC(C)NC(C)(C)C1CCCCCC1. The first-order chi connectivity index (χ1) is 6.52. The Hall–Kier alpha value is -0.0400. The molecule has 1 nitrogen and oxygen atoms in total. The minimum Gasteiger partial charge on any atom is -0.309 e. The largest absolute Gasteiger partial charge is 0.309 e. The van der Waals surface area contributed by atoms with Crippen molar-refractivity contribution in [2.45, 2.75) is 77.8 Å². The van der Waals surface area contributed by atoms with Crippen molar-refractivity contribution in [1.29, 1.82) is 0 Å². The van der Waals surface area contributed by atoms with Gasteiger partial charge in [0.25, 0.3) is 0 Å². The quantitative estimate of drug-likeness (QED) is 0.680. The van der Waals surface area contributed by atoms with Crippen LogP contribution in [0.2, 0.25) is 0 Å². The molecule has 0 amide bonds. The lowest BCUT2D eigenvalue weighted by Crippen LogP contribution is -2.49. The van der Waals surface area contributed by atoms with Gasteiger partial charge >= 0.3 is 0 Å². The third-order valence-corrected chi connectivity index (χ3v) is 3.54. The van der Waals surface area contributed by atoms with Gasteiger partial charge in [-0.15, -0.1) is 0 Å². The highest BCUT2D eigenvalue weighted by molar-refractivity contribution is 4.88. The molecule has 1 N–H and O–H groups in total. The van der Waals surface area contributed by atoms with Gasteiger partial charge in [0.15, 0.2) is 0 Å². The van der Waals surface area contributed by atoms with Gasteiger partial charge in [0, 0.05) is 11.6 Å². The van der Waals surface area contributed by atoms with Crippen LogP contribution in [0.5, 0.6) is 0 Å². The Balaban J connectivity index is 2.50. The number of nitrogens with one attached hydrogen (secondary N) is 1. The Morgan fingerprint density at radius 3 is 1.93 bits per heavy atom. The summed E-state index contributed by atoms with van der Waals surface area (Å²) in [6, 6.07) is 0.605. The molecular formula is C13H27N. The summed E-state index contributed by atoms with van der Waals surface area (Å²) in [6.07, 6.45) is 8.63. The smallest absolute Gasteiger partial charge is 0.0155 e. The third kappa shape index (κ3) is 3.61. The molecule has 0 bridgehead atoms.